The topological polar surface area (TPSA) is 0 Å². The van der Waals surface area contributed by atoms with Crippen molar-refractivity contribution in [2.45, 2.75) is 23.9 Å². The molecule has 5 aromatic rings. The average Bonchev–Trinajstić information content (AvgIpc) is 3.60. The fourth-order valence-electron chi connectivity index (χ4n) is 6.86. The zero-order chi connectivity index (χ0) is 27.1. The molecule has 0 bridgehead atoms. The Morgan fingerprint density at radius 2 is 1.07 bits per heavy atom. The monoisotopic (exact) mass is 590 g/mol. The van der Waals surface area contributed by atoms with E-state index in [9.17, 15) is 0 Å². The Labute approximate surface area is 245 Å². The summed E-state index contributed by atoms with van der Waals surface area (Å²) in [4.78, 5) is 0. The van der Waals surface area contributed by atoms with Crippen molar-refractivity contribution in [3.8, 4) is 11.1 Å². The van der Waals surface area contributed by atoms with Gasteiger partial charge in [0.15, 0.2) is 0 Å². The van der Waals surface area contributed by atoms with Crippen LogP contribution in [0.5, 0.6) is 0 Å². The summed E-state index contributed by atoms with van der Waals surface area (Å²) in [6.07, 6.45) is 5.91. The van der Waals surface area contributed by atoms with Gasteiger partial charge in [0.1, 0.15) is 0 Å². The minimum absolute atomic E-state index is 0.416. The average molecular weight is 592 g/mol. The third-order valence-electron chi connectivity index (χ3n) is 8.52. The molecule has 0 saturated carbocycles. The van der Waals surface area contributed by atoms with Gasteiger partial charge in [-0.3, -0.25) is 0 Å². The van der Waals surface area contributed by atoms with Gasteiger partial charge in [-0.15, -0.1) is 0 Å². The normalized spacial score (nSPS) is 13.8. The van der Waals surface area contributed by atoms with Crippen LogP contribution < -0.4 is 0 Å². The van der Waals surface area contributed by atoms with Crippen LogP contribution in [-0.2, 0) is 21.3 Å². The van der Waals surface area contributed by atoms with E-state index >= 15 is 0 Å². The third-order valence-corrected chi connectivity index (χ3v) is 17.0. The molecule has 0 nitrogen and oxygen atoms in total. The summed E-state index contributed by atoms with van der Waals surface area (Å²) in [5.74, 6) is 0. The molecular weight excluding hydrogens is 560 g/mol. The molecule has 2 aliphatic rings. The molecule has 0 N–H and O–H groups in total. The van der Waals surface area contributed by atoms with Crippen LogP contribution in [0.25, 0.3) is 16.7 Å². The van der Waals surface area contributed by atoms with E-state index in [1.54, 1.807) is 6.49 Å². The molecule has 0 amide bonds. The van der Waals surface area contributed by atoms with Crippen molar-refractivity contribution >= 4 is 8.78 Å². The molecule has 0 aromatic heterocycles. The Bertz CT molecular complexity index is 1710. The van der Waals surface area contributed by atoms with Gasteiger partial charge in [-0.2, -0.15) is 0 Å². The van der Waals surface area contributed by atoms with Crippen LogP contribution in [0.4, 0.5) is 0 Å². The van der Waals surface area contributed by atoms with Crippen LogP contribution in [0.3, 0.4) is 0 Å². The summed E-state index contributed by atoms with van der Waals surface area (Å²) in [6.45, 7) is 4.56. The number of aryl methyl sites for hydroxylation is 2. The van der Waals surface area contributed by atoms with Gasteiger partial charge in [-0.25, -0.2) is 0 Å². The molecule has 0 spiro atoms. The van der Waals surface area contributed by atoms with Gasteiger partial charge in [0.05, 0.1) is 0 Å². The summed E-state index contributed by atoms with van der Waals surface area (Å²) in [7, 11) is 0. The van der Waals surface area contributed by atoms with Gasteiger partial charge >= 0.3 is 247 Å². The Morgan fingerprint density at radius 1 is 0.575 bits per heavy atom. The third kappa shape index (κ3) is 4.29. The van der Waals surface area contributed by atoms with E-state index in [4.69, 9.17) is 0 Å². The van der Waals surface area contributed by atoms with Gasteiger partial charge in [-0.05, 0) is 0 Å². The first-order chi connectivity index (χ1) is 19.7. The second-order valence-corrected chi connectivity index (χ2v) is 17.1. The molecule has 0 radical (unpaired) electrons. The molecule has 0 heterocycles. The SMILES string of the molecule is Cc1cccc(C)c1C1=[C]([Zr](=[C](c2ccccc2)c2ccccc2)[CH]2c3ccccc3-c3ccccc32)CC=C1. The van der Waals surface area contributed by atoms with Crippen molar-refractivity contribution in [2.24, 2.45) is 0 Å². The van der Waals surface area contributed by atoms with Gasteiger partial charge < -0.3 is 0 Å². The molecule has 7 rings (SSSR count). The Kier molecular flexibility index (Phi) is 6.78. The van der Waals surface area contributed by atoms with E-state index in [0.717, 1.165) is 6.42 Å². The second-order valence-electron chi connectivity index (χ2n) is 10.9. The number of allylic oxidation sites excluding steroid dienone is 4. The Morgan fingerprint density at radius 3 is 1.62 bits per heavy atom. The molecular formula is C39H32Zr. The van der Waals surface area contributed by atoms with Gasteiger partial charge in [0, 0.05) is 0 Å². The van der Waals surface area contributed by atoms with E-state index in [1.165, 1.54) is 55.6 Å². The zero-order valence-electron chi connectivity index (χ0n) is 23.1. The first kappa shape index (κ1) is 25.3. The van der Waals surface area contributed by atoms with Crippen LogP contribution in [-0.4, -0.2) is 3.21 Å². The van der Waals surface area contributed by atoms with Crippen LogP contribution in [0.1, 0.15) is 49.0 Å². The van der Waals surface area contributed by atoms with Gasteiger partial charge in [-0.1, -0.05) is 0 Å². The van der Waals surface area contributed by atoms with Crippen molar-refractivity contribution in [2.75, 3.05) is 0 Å². The number of hydrogen-bond donors (Lipinski definition) is 0. The maximum absolute atomic E-state index is 2.78. The zero-order valence-corrected chi connectivity index (χ0v) is 25.5. The molecule has 192 valence electrons. The predicted molar refractivity (Wildman–Crippen MR) is 166 cm³/mol. The van der Waals surface area contributed by atoms with E-state index in [2.05, 4.69) is 153 Å². The molecule has 0 fully saturated rings. The maximum atomic E-state index is 2.44. The summed E-state index contributed by atoms with van der Waals surface area (Å²) in [5.41, 5.74) is 14.3. The van der Waals surface area contributed by atoms with Crippen LogP contribution in [0, 0.1) is 13.8 Å². The van der Waals surface area contributed by atoms with Crippen molar-refractivity contribution < 1.29 is 21.3 Å². The molecule has 1 heteroatoms. The predicted octanol–water partition coefficient (Wildman–Crippen LogP) is 9.63. The van der Waals surface area contributed by atoms with E-state index < -0.39 is 21.3 Å². The van der Waals surface area contributed by atoms with E-state index in [0.29, 0.717) is 3.63 Å². The molecule has 0 unspecified atom stereocenters. The van der Waals surface area contributed by atoms with Crippen molar-refractivity contribution in [1.29, 1.82) is 0 Å². The van der Waals surface area contributed by atoms with Crippen molar-refractivity contribution in [1.82, 2.24) is 0 Å². The van der Waals surface area contributed by atoms with E-state index in [1.807, 2.05) is 0 Å². The first-order valence-corrected chi connectivity index (χ1v) is 18.1. The fraction of sp³-hybridized carbons (Fsp3) is 0.103. The van der Waals surface area contributed by atoms with Crippen LogP contribution in [0.2, 0.25) is 0 Å². The van der Waals surface area contributed by atoms with E-state index in [-0.39, 0.29) is 0 Å². The standard InChI is InChI=1S/C13H9.C13H13.C13H10.Zr/c1-3-7-12-10(5-1)9-11-6-2-4-8-13(11)12;1-10-6-5-7-11(2)13(10)12-8-3-4-9-12;1-3-7-12(8-4-1)11-13-9-5-2-6-10-13;/h1-9H;3,5-8H,4H2,1-2H3;1-10H;. The minimum atomic E-state index is -2.78. The molecule has 0 atom stereocenters. The van der Waals surface area contributed by atoms with Crippen LogP contribution >= 0.6 is 0 Å². The van der Waals surface area contributed by atoms with Gasteiger partial charge in [0.2, 0.25) is 0 Å². The Balaban J connectivity index is 1.64. The van der Waals surface area contributed by atoms with Crippen LogP contribution in [0.15, 0.2) is 143 Å². The number of hydrogen-bond acceptors (Lipinski definition) is 0. The molecule has 5 aromatic carbocycles. The number of fused-ring (bicyclic) bond motifs is 3. The van der Waals surface area contributed by atoms with Gasteiger partial charge in [0.25, 0.3) is 0 Å². The summed E-state index contributed by atoms with van der Waals surface area (Å²) >= 11 is -2.78. The summed E-state index contributed by atoms with van der Waals surface area (Å²) in [5, 5.41) is 0. The molecule has 40 heavy (non-hydrogen) atoms. The van der Waals surface area contributed by atoms with Crippen molar-refractivity contribution in [3.05, 3.63) is 182 Å². The number of benzene rings is 5. The molecule has 2 aliphatic carbocycles. The summed E-state index contributed by atoms with van der Waals surface area (Å²) in [6, 6.07) is 47.7. The number of rotatable bonds is 5. The Hall–Kier alpha value is -3.67. The molecule has 0 aliphatic heterocycles. The summed E-state index contributed by atoms with van der Waals surface area (Å²) < 4.78 is 3.72. The molecule has 0 saturated heterocycles. The second kappa shape index (κ2) is 10.7. The van der Waals surface area contributed by atoms with Crippen molar-refractivity contribution in [3.63, 3.8) is 0 Å². The fourth-order valence-corrected chi connectivity index (χ4v) is 16.3. The quantitative estimate of drug-likeness (QED) is 0.191. The first-order valence-electron chi connectivity index (χ1n) is 14.2.